The Labute approximate surface area is 123 Å². The summed E-state index contributed by atoms with van der Waals surface area (Å²) in [6.45, 7) is 2.47. The minimum Gasteiger partial charge on any atom is -0.508 e. The molecule has 1 heterocycles. The number of aryl methyl sites for hydroxylation is 1. The molecule has 2 atom stereocenters. The zero-order chi connectivity index (χ0) is 15.2. The number of phenolic OH excluding ortho intramolecular Hbond substituents is 1. The van der Waals surface area contributed by atoms with Crippen molar-refractivity contribution in [3.63, 3.8) is 0 Å². The lowest BCUT2D eigenvalue weighted by Gasteiger charge is -2.25. The summed E-state index contributed by atoms with van der Waals surface area (Å²) < 4.78 is 0. The first-order valence-corrected chi connectivity index (χ1v) is 7.13. The van der Waals surface area contributed by atoms with E-state index in [0.717, 1.165) is 18.4 Å². The van der Waals surface area contributed by atoms with E-state index in [1.807, 2.05) is 19.1 Å². The molecule has 1 aliphatic heterocycles. The molecule has 0 radical (unpaired) electrons. The Hall–Kier alpha value is -2.08. The molecule has 21 heavy (non-hydrogen) atoms. The molecule has 2 amide bonds. The van der Waals surface area contributed by atoms with Crippen LogP contribution in [-0.2, 0) is 16.0 Å². The first-order chi connectivity index (χ1) is 10.0. The van der Waals surface area contributed by atoms with Crippen LogP contribution in [-0.4, -0.2) is 42.1 Å². The number of amides is 2. The van der Waals surface area contributed by atoms with Crippen LogP contribution in [0.2, 0.25) is 0 Å². The van der Waals surface area contributed by atoms with E-state index in [4.69, 9.17) is 0 Å². The Bertz CT molecular complexity index is 491. The molecular formula is C15H21N3O3. The maximum absolute atomic E-state index is 12.0. The van der Waals surface area contributed by atoms with Crippen LogP contribution < -0.4 is 16.0 Å². The number of phenols is 1. The molecular weight excluding hydrogens is 270 g/mol. The van der Waals surface area contributed by atoms with Crippen molar-refractivity contribution in [2.75, 3.05) is 13.1 Å². The maximum atomic E-state index is 12.0. The summed E-state index contributed by atoms with van der Waals surface area (Å²) in [4.78, 5) is 23.0. The van der Waals surface area contributed by atoms with E-state index in [2.05, 4.69) is 16.0 Å². The van der Waals surface area contributed by atoms with Crippen LogP contribution >= 0.6 is 0 Å². The lowest BCUT2D eigenvalue weighted by Crippen LogP contribution is -2.58. The van der Waals surface area contributed by atoms with E-state index in [0.29, 0.717) is 6.54 Å². The first-order valence-electron chi connectivity index (χ1n) is 7.13. The van der Waals surface area contributed by atoms with Crippen LogP contribution in [0.25, 0.3) is 0 Å². The second kappa shape index (κ2) is 7.08. The van der Waals surface area contributed by atoms with Gasteiger partial charge < -0.3 is 15.7 Å². The number of carbonyl (C=O) groups is 2. The smallest absolute Gasteiger partial charge is 0.239 e. The average Bonchev–Trinajstić information content (AvgIpc) is 2.47. The molecule has 1 saturated heterocycles. The second-order valence-electron chi connectivity index (χ2n) is 5.35. The fourth-order valence-electron chi connectivity index (χ4n) is 2.21. The molecule has 114 valence electrons. The standard InChI is InChI=1S/C15H21N3O3/c1-10(2-3-11-4-6-12(19)7-5-11)18-15(21)13-8-17-14(20)9-16-13/h4-7,10,13,16,19H,2-3,8-9H2,1H3,(H,17,20)(H,18,21). The topological polar surface area (TPSA) is 90.5 Å². The third-order valence-electron chi connectivity index (χ3n) is 3.52. The predicted octanol–water partition coefficient (Wildman–Crippen LogP) is -0.0825. The van der Waals surface area contributed by atoms with Gasteiger partial charge in [-0.05, 0) is 37.5 Å². The van der Waals surface area contributed by atoms with Crippen LogP contribution in [0.5, 0.6) is 5.75 Å². The summed E-state index contributed by atoms with van der Waals surface area (Å²) in [5.41, 5.74) is 1.12. The minimum absolute atomic E-state index is 0.0470. The summed E-state index contributed by atoms with van der Waals surface area (Å²) >= 11 is 0. The van der Waals surface area contributed by atoms with Crippen molar-refractivity contribution in [3.05, 3.63) is 29.8 Å². The lowest BCUT2D eigenvalue weighted by molar-refractivity contribution is -0.127. The number of nitrogens with one attached hydrogen (secondary N) is 3. The number of piperazine rings is 1. The predicted molar refractivity (Wildman–Crippen MR) is 78.8 cm³/mol. The molecule has 2 rings (SSSR count). The highest BCUT2D eigenvalue weighted by molar-refractivity contribution is 5.86. The third kappa shape index (κ3) is 4.75. The summed E-state index contributed by atoms with van der Waals surface area (Å²) in [5.74, 6) is 0.0816. The molecule has 6 heteroatoms. The fourth-order valence-corrected chi connectivity index (χ4v) is 2.21. The third-order valence-corrected chi connectivity index (χ3v) is 3.52. The van der Waals surface area contributed by atoms with Gasteiger partial charge in [-0.15, -0.1) is 0 Å². The highest BCUT2D eigenvalue weighted by Crippen LogP contribution is 2.11. The molecule has 1 aliphatic rings. The fraction of sp³-hybridized carbons (Fsp3) is 0.467. The van der Waals surface area contributed by atoms with E-state index in [9.17, 15) is 14.7 Å². The molecule has 4 N–H and O–H groups in total. The maximum Gasteiger partial charge on any atom is 0.239 e. The number of benzene rings is 1. The average molecular weight is 291 g/mol. The molecule has 6 nitrogen and oxygen atoms in total. The molecule has 1 aromatic rings. The van der Waals surface area contributed by atoms with Crippen LogP contribution in [0.3, 0.4) is 0 Å². The molecule has 0 aliphatic carbocycles. The van der Waals surface area contributed by atoms with Crippen molar-refractivity contribution in [2.24, 2.45) is 0 Å². The Kier molecular flexibility index (Phi) is 5.16. The van der Waals surface area contributed by atoms with Gasteiger partial charge in [0.15, 0.2) is 0 Å². The number of rotatable bonds is 5. The molecule has 0 bridgehead atoms. The summed E-state index contributed by atoms with van der Waals surface area (Å²) in [7, 11) is 0. The van der Waals surface area contributed by atoms with Gasteiger partial charge in [0.2, 0.25) is 11.8 Å². The quantitative estimate of drug-likeness (QED) is 0.611. The van der Waals surface area contributed by atoms with E-state index in [1.54, 1.807) is 12.1 Å². The van der Waals surface area contributed by atoms with E-state index in [-0.39, 0.29) is 36.2 Å². The SMILES string of the molecule is CC(CCc1ccc(O)cc1)NC(=O)C1CNC(=O)CN1. The van der Waals surface area contributed by atoms with Crippen LogP contribution in [0.15, 0.2) is 24.3 Å². The van der Waals surface area contributed by atoms with E-state index >= 15 is 0 Å². The molecule has 1 fully saturated rings. The number of hydrogen-bond donors (Lipinski definition) is 4. The minimum atomic E-state index is -0.362. The molecule has 0 spiro atoms. The summed E-state index contributed by atoms with van der Waals surface area (Å²) in [6, 6.07) is 6.76. The summed E-state index contributed by atoms with van der Waals surface area (Å²) in [6.07, 6.45) is 1.64. The van der Waals surface area contributed by atoms with Crippen LogP contribution in [0.4, 0.5) is 0 Å². The van der Waals surface area contributed by atoms with Crippen molar-refractivity contribution in [3.8, 4) is 5.75 Å². The molecule has 0 saturated carbocycles. The highest BCUT2D eigenvalue weighted by Gasteiger charge is 2.24. The monoisotopic (exact) mass is 291 g/mol. The van der Waals surface area contributed by atoms with Gasteiger partial charge >= 0.3 is 0 Å². The van der Waals surface area contributed by atoms with Gasteiger partial charge in [0.25, 0.3) is 0 Å². The zero-order valence-electron chi connectivity index (χ0n) is 12.1. The summed E-state index contributed by atoms with van der Waals surface area (Å²) in [5, 5.41) is 17.7. The largest absolute Gasteiger partial charge is 0.508 e. The van der Waals surface area contributed by atoms with Crippen molar-refractivity contribution in [1.82, 2.24) is 16.0 Å². The Morgan fingerprint density at radius 2 is 2.14 bits per heavy atom. The Balaban J connectivity index is 1.73. The van der Waals surface area contributed by atoms with Crippen LogP contribution in [0, 0.1) is 0 Å². The normalized spacial score (nSPS) is 19.7. The van der Waals surface area contributed by atoms with Gasteiger partial charge in [-0.25, -0.2) is 0 Å². The van der Waals surface area contributed by atoms with Gasteiger partial charge in [0.05, 0.1) is 6.54 Å². The number of aromatic hydroxyl groups is 1. The highest BCUT2D eigenvalue weighted by atomic mass is 16.3. The van der Waals surface area contributed by atoms with Gasteiger partial charge in [-0.1, -0.05) is 12.1 Å². The Morgan fingerprint density at radius 3 is 2.76 bits per heavy atom. The Morgan fingerprint density at radius 1 is 1.43 bits per heavy atom. The van der Waals surface area contributed by atoms with Crippen molar-refractivity contribution in [1.29, 1.82) is 0 Å². The van der Waals surface area contributed by atoms with Crippen LogP contribution in [0.1, 0.15) is 18.9 Å². The number of carbonyl (C=O) groups excluding carboxylic acids is 2. The second-order valence-corrected chi connectivity index (χ2v) is 5.35. The number of hydrogen-bond acceptors (Lipinski definition) is 4. The first kappa shape index (κ1) is 15.3. The molecule has 0 aromatic heterocycles. The van der Waals surface area contributed by atoms with Crippen molar-refractivity contribution in [2.45, 2.75) is 31.8 Å². The molecule has 1 aromatic carbocycles. The van der Waals surface area contributed by atoms with Crippen molar-refractivity contribution >= 4 is 11.8 Å². The zero-order valence-corrected chi connectivity index (χ0v) is 12.1. The van der Waals surface area contributed by atoms with Gasteiger partial charge in [-0.3, -0.25) is 14.9 Å². The van der Waals surface area contributed by atoms with E-state index in [1.165, 1.54) is 0 Å². The van der Waals surface area contributed by atoms with Gasteiger partial charge in [0, 0.05) is 12.6 Å². The molecule has 2 unspecified atom stereocenters. The van der Waals surface area contributed by atoms with Crippen molar-refractivity contribution < 1.29 is 14.7 Å². The van der Waals surface area contributed by atoms with Gasteiger partial charge in [-0.2, -0.15) is 0 Å². The van der Waals surface area contributed by atoms with Gasteiger partial charge in [0.1, 0.15) is 11.8 Å². The lowest BCUT2D eigenvalue weighted by atomic mass is 10.1. The van der Waals surface area contributed by atoms with E-state index < -0.39 is 0 Å².